The van der Waals surface area contributed by atoms with E-state index in [1.54, 1.807) is 0 Å². The fraction of sp³-hybridized carbons (Fsp3) is 0.600. The molecule has 0 aromatic carbocycles. The van der Waals surface area contributed by atoms with Crippen molar-refractivity contribution in [2.45, 2.75) is 33.4 Å². The Morgan fingerprint density at radius 1 is 1.54 bits per heavy atom. The SMILES string of the molecule is CCCOCc1cc(C)c(CN)o1. The van der Waals surface area contributed by atoms with Gasteiger partial charge >= 0.3 is 0 Å². The van der Waals surface area contributed by atoms with Crippen molar-refractivity contribution in [3.05, 3.63) is 23.2 Å². The standard InChI is InChI=1S/C10H17NO2/c1-3-4-12-7-9-5-8(2)10(6-11)13-9/h5H,3-4,6-7,11H2,1-2H3. The van der Waals surface area contributed by atoms with Gasteiger partial charge in [0.05, 0.1) is 6.54 Å². The second-order valence-corrected chi connectivity index (χ2v) is 3.08. The van der Waals surface area contributed by atoms with Crippen molar-refractivity contribution in [3.63, 3.8) is 0 Å². The summed E-state index contributed by atoms with van der Waals surface area (Å²) in [4.78, 5) is 0. The maximum absolute atomic E-state index is 5.48. The van der Waals surface area contributed by atoms with Crippen LogP contribution < -0.4 is 5.73 Å². The molecule has 2 N–H and O–H groups in total. The molecule has 0 unspecified atom stereocenters. The third kappa shape index (κ3) is 2.86. The van der Waals surface area contributed by atoms with Gasteiger partial charge in [-0.2, -0.15) is 0 Å². The quantitative estimate of drug-likeness (QED) is 0.710. The average Bonchev–Trinajstić information content (AvgIpc) is 2.47. The van der Waals surface area contributed by atoms with Gasteiger partial charge in [-0.1, -0.05) is 6.92 Å². The lowest BCUT2D eigenvalue weighted by Gasteiger charge is -1.97. The van der Waals surface area contributed by atoms with Crippen LogP contribution in [0.15, 0.2) is 10.5 Å². The van der Waals surface area contributed by atoms with Gasteiger partial charge in [-0.3, -0.25) is 0 Å². The highest BCUT2D eigenvalue weighted by Crippen LogP contribution is 2.14. The molecule has 0 aliphatic rings. The van der Waals surface area contributed by atoms with Crippen LogP contribution in [0, 0.1) is 6.92 Å². The molecule has 0 amide bonds. The number of aryl methyl sites for hydroxylation is 1. The molecule has 13 heavy (non-hydrogen) atoms. The number of ether oxygens (including phenoxy) is 1. The third-order valence-electron chi connectivity index (χ3n) is 1.85. The minimum atomic E-state index is 0.458. The van der Waals surface area contributed by atoms with Gasteiger partial charge < -0.3 is 14.9 Å². The molecule has 1 heterocycles. The zero-order valence-electron chi connectivity index (χ0n) is 8.30. The summed E-state index contributed by atoms with van der Waals surface area (Å²) < 4.78 is 10.8. The molecular formula is C10H17NO2. The van der Waals surface area contributed by atoms with Gasteiger partial charge in [0.15, 0.2) is 0 Å². The molecule has 0 fully saturated rings. The zero-order chi connectivity index (χ0) is 9.68. The highest BCUT2D eigenvalue weighted by Gasteiger charge is 2.05. The van der Waals surface area contributed by atoms with E-state index in [2.05, 4.69) is 6.92 Å². The van der Waals surface area contributed by atoms with Gasteiger partial charge in [0.2, 0.25) is 0 Å². The van der Waals surface area contributed by atoms with E-state index in [-0.39, 0.29) is 0 Å². The van der Waals surface area contributed by atoms with Crippen molar-refractivity contribution in [1.29, 1.82) is 0 Å². The maximum Gasteiger partial charge on any atom is 0.130 e. The molecule has 3 nitrogen and oxygen atoms in total. The zero-order valence-corrected chi connectivity index (χ0v) is 8.30. The Kier molecular flexibility index (Phi) is 3.99. The summed E-state index contributed by atoms with van der Waals surface area (Å²) in [6, 6.07) is 1.98. The molecule has 3 heteroatoms. The first-order valence-electron chi connectivity index (χ1n) is 4.64. The Morgan fingerprint density at radius 3 is 2.85 bits per heavy atom. The van der Waals surface area contributed by atoms with E-state index in [0.717, 1.165) is 30.1 Å². The fourth-order valence-corrected chi connectivity index (χ4v) is 1.18. The van der Waals surface area contributed by atoms with Crippen LogP contribution in [0.3, 0.4) is 0 Å². The summed E-state index contributed by atoms with van der Waals surface area (Å²) in [6.45, 7) is 5.86. The van der Waals surface area contributed by atoms with E-state index >= 15 is 0 Å². The lowest BCUT2D eigenvalue weighted by atomic mass is 10.3. The van der Waals surface area contributed by atoms with Crippen LogP contribution in [-0.2, 0) is 17.9 Å². The van der Waals surface area contributed by atoms with Gasteiger partial charge in [0, 0.05) is 6.61 Å². The first-order valence-corrected chi connectivity index (χ1v) is 4.64. The Morgan fingerprint density at radius 2 is 2.31 bits per heavy atom. The molecule has 1 aromatic rings. The Bertz CT molecular complexity index is 255. The van der Waals surface area contributed by atoms with E-state index in [0.29, 0.717) is 13.2 Å². The summed E-state index contributed by atoms with van der Waals surface area (Å²) >= 11 is 0. The number of furan rings is 1. The second kappa shape index (κ2) is 5.04. The summed E-state index contributed by atoms with van der Waals surface area (Å²) in [6.07, 6.45) is 1.03. The molecule has 0 aliphatic carbocycles. The number of hydrogen-bond donors (Lipinski definition) is 1. The highest BCUT2D eigenvalue weighted by molar-refractivity contribution is 5.19. The lowest BCUT2D eigenvalue weighted by molar-refractivity contribution is 0.106. The molecule has 0 radical (unpaired) electrons. The number of nitrogens with two attached hydrogens (primary N) is 1. The minimum Gasteiger partial charge on any atom is -0.462 e. The molecule has 0 spiro atoms. The fourth-order valence-electron chi connectivity index (χ4n) is 1.18. The molecule has 74 valence electrons. The van der Waals surface area contributed by atoms with Crippen molar-refractivity contribution in [2.75, 3.05) is 6.61 Å². The molecule has 1 rings (SSSR count). The van der Waals surface area contributed by atoms with Crippen LogP contribution in [0.5, 0.6) is 0 Å². The van der Waals surface area contributed by atoms with Crippen LogP contribution in [0.1, 0.15) is 30.4 Å². The molecule has 1 aromatic heterocycles. The van der Waals surface area contributed by atoms with E-state index in [4.69, 9.17) is 14.9 Å². The summed E-state index contributed by atoms with van der Waals surface area (Å²) in [5.74, 6) is 1.72. The largest absolute Gasteiger partial charge is 0.462 e. The average molecular weight is 183 g/mol. The lowest BCUT2D eigenvalue weighted by Crippen LogP contribution is -1.95. The highest BCUT2D eigenvalue weighted by atomic mass is 16.5. The number of rotatable bonds is 5. The van der Waals surface area contributed by atoms with E-state index < -0.39 is 0 Å². The maximum atomic E-state index is 5.48. The Labute approximate surface area is 78.9 Å². The smallest absolute Gasteiger partial charge is 0.130 e. The van der Waals surface area contributed by atoms with Gasteiger partial charge in [-0.15, -0.1) is 0 Å². The predicted molar refractivity (Wildman–Crippen MR) is 51.3 cm³/mol. The van der Waals surface area contributed by atoms with Crippen molar-refractivity contribution in [3.8, 4) is 0 Å². The van der Waals surface area contributed by atoms with E-state index in [1.165, 1.54) is 0 Å². The van der Waals surface area contributed by atoms with Crippen molar-refractivity contribution >= 4 is 0 Å². The van der Waals surface area contributed by atoms with Gasteiger partial charge in [-0.25, -0.2) is 0 Å². The van der Waals surface area contributed by atoms with Gasteiger partial charge in [0.25, 0.3) is 0 Å². The van der Waals surface area contributed by atoms with Crippen molar-refractivity contribution in [2.24, 2.45) is 5.73 Å². The first kappa shape index (κ1) is 10.3. The monoisotopic (exact) mass is 183 g/mol. The Balaban J connectivity index is 2.48. The molecule has 0 aliphatic heterocycles. The topological polar surface area (TPSA) is 48.4 Å². The second-order valence-electron chi connectivity index (χ2n) is 3.08. The number of hydrogen-bond acceptors (Lipinski definition) is 3. The van der Waals surface area contributed by atoms with E-state index in [9.17, 15) is 0 Å². The molecule has 0 saturated carbocycles. The first-order chi connectivity index (χ1) is 6.27. The van der Waals surface area contributed by atoms with Crippen LogP contribution in [0.2, 0.25) is 0 Å². The minimum absolute atomic E-state index is 0.458. The van der Waals surface area contributed by atoms with Crippen LogP contribution in [-0.4, -0.2) is 6.61 Å². The normalized spacial score (nSPS) is 10.7. The third-order valence-corrected chi connectivity index (χ3v) is 1.85. The summed E-state index contributed by atoms with van der Waals surface area (Å²) in [5.41, 5.74) is 6.59. The Hall–Kier alpha value is -0.800. The summed E-state index contributed by atoms with van der Waals surface area (Å²) in [7, 11) is 0. The van der Waals surface area contributed by atoms with Crippen molar-refractivity contribution < 1.29 is 9.15 Å². The summed E-state index contributed by atoms with van der Waals surface area (Å²) in [5, 5.41) is 0. The predicted octanol–water partition coefficient (Wildman–Crippen LogP) is 1.97. The molecular weight excluding hydrogens is 166 g/mol. The van der Waals surface area contributed by atoms with Crippen LogP contribution in [0.4, 0.5) is 0 Å². The van der Waals surface area contributed by atoms with Crippen molar-refractivity contribution in [1.82, 2.24) is 0 Å². The van der Waals surface area contributed by atoms with Gasteiger partial charge in [-0.05, 0) is 25.0 Å². The molecule has 0 bridgehead atoms. The van der Waals surface area contributed by atoms with Gasteiger partial charge in [0.1, 0.15) is 18.1 Å². The van der Waals surface area contributed by atoms with Crippen LogP contribution >= 0.6 is 0 Å². The molecule has 0 saturated heterocycles. The van der Waals surface area contributed by atoms with E-state index in [1.807, 2.05) is 13.0 Å². The molecule has 0 atom stereocenters. The van der Waals surface area contributed by atoms with Crippen LogP contribution in [0.25, 0.3) is 0 Å².